The maximum absolute atomic E-state index is 14.1. The molecule has 1 aliphatic rings. The van der Waals surface area contributed by atoms with Gasteiger partial charge in [-0.15, -0.1) is 0 Å². The predicted molar refractivity (Wildman–Crippen MR) is 134 cm³/mol. The zero-order valence-corrected chi connectivity index (χ0v) is 21.6. The minimum absolute atomic E-state index is 0.00752. The van der Waals surface area contributed by atoms with E-state index in [1.165, 1.54) is 13.3 Å². The van der Waals surface area contributed by atoms with Crippen LogP contribution < -0.4 is 5.32 Å². The Labute approximate surface area is 218 Å². The highest BCUT2D eigenvalue weighted by molar-refractivity contribution is 5.98. The topological polar surface area (TPSA) is 105 Å². The lowest BCUT2D eigenvalue weighted by Crippen LogP contribution is -2.47. The highest BCUT2D eigenvalue weighted by Gasteiger charge is 2.37. The Hall–Kier alpha value is -3.85. The number of nitrogens with zero attached hydrogens (tertiary/aromatic N) is 5. The van der Waals surface area contributed by atoms with Gasteiger partial charge in [-0.2, -0.15) is 18.4 Å². The van der Waals surface area contributed by atoms with Crippen molar-refractivity contribution in [3.8, 4) is 17.3 Å². The molecule has 1 saturated heterocycles. The number of ether oxygens (including phenoxy) is 2. The van der Waals surface area contributed by atoms with Crippen LogP contribution in [0, 0.1) is 11.3 Å². The van der Waals surface area contributed by atoms with E-state index in [0.29, 0.717) is 42.4 Å². The Morgan fingerprint density at radius 1 is 1.29 bits per heavy atom. The van der Waals surface area contributed by atoms with Crippen molar-refractivity contribution >= 4 is 22.9 Å². The molecule has 0 spiro atoms. The fraction of sp³-hybridized carbons (Fsp3) is 0.462. The number of para-hydroxylation sites is 1. The molecular weight excluding hydrogens is 501 g/mol. The highest BCUT2D eigenvalue weighted by atomic mass is 19.4. The molecule has 0 bridgehead atoms. The monoisotopic (exact) mass is 530 g/mol. The van der Waals surface area contributed by atoms with Gasteiger partial charge in [0.05, 0.1) is 16.8 Å². The van der Waals surface area contributed by atoms with Crippen LogP contribution in [0.15, 0.2) is 30.6 Å². The van der Waals surface area contributed by atoms with Crippen LogP contribution >= 0.6 is 0 Å². The molecule has 1 aromatic carbocycles. The number of aromatic nitrogens is 3. The first-order valence-electron chi connectivity index (χ1n) is 12.1. The van der Waals surface area contributed by atoms with Gasteiger partial charge in [0.2, 0.25) is 5.95 Å². The second-order valence-electron chi connectivity index (χ2n) is 10.1. The number of nitriles is 1. The number of methoxy groups -OCH3 is 1. The maximum atomic E-state index is 14.1. The average molecular weight is 531 g/mol. The summed E-state index contributed by atoms with van der Waals surface area (Å²) in [6, 6.07) is 6.66. The van der Waals surface area contributed by atoms with Crippen molar-refractivity contribution in [2.45, 2.75) is 58.2 Å². The molecule has 0 saturated carbocycles. The Balaban J connectivity index is 1.71. The summed E-state index contributed by atoms with van der Waals surface area (Å²) in [5.41, 5.74) is -1.00. The number of hydrogen-bond acceptors (Lipinski definition) is 7. The number of carbonyl (C=O) groups excluding carboxylic acids is 1. The third kappa shape index (κ3) is 5.83. The zero-order chi connectivity index (χ0) is 27.7. The molecule has 1 aliphatic heterocycles. The lowest BCUT2D eigenvalue weighted by molar-refractivity contribution is -0.137. The molecule has 38 heavy (non-hydrogen) atoms. The number of amides is 1. The van der Waals surface area contributed by atoms with Gasteiger partial charge in [-0.05, 0) is 39.7 Å². The van der Waals surface area contributed by atoms with Gasteiger partial charge >= 0.3 is 12.3 Å². The van der Waals surface area contributed by atoms with Crippen LogP contribution in [-0.2, 0) is 22.4 Å². The normalized spacial score (nSPS) is 16.4. The Bertz CT molecular complexity index is 1370. The van der Waals surface area contributed by atoms with Crippen molar-refractivity contribution in [3.63, 3.8) is 0 Å². The number of fused-ring (bicyclic) bond motifs is 1. The molecule has 9 nitrogen and oxygen atoms in total. The van der Waals surface area contributed by atoms with Gasteiger partial charge in [-0.25, -0.2) is 14.8 Å². The van der Waals surface area contributed by atoms with E-state index < -0.39 is 23.4 Å². The Morgan fingerprint density at radius 2 is 2.05 bits per heavy atom. The molecule has 1 fully saturated rings. The Kier molecular flexibility index (Phi) is 7.51. The average Bonchev–Trinajstić information content (AvgIpc) is 3.21. The number of alkyl halides is 3. The van der Waals surface area contributed by atoms with E-state index >= 15 is 0 Å². The van der Waals surface area contributed by atoms with Crippen LogP contribution in [0.4, 0.5) is 23.9 Å². The zero-order valence-electron chi connectivity index (χ0n) is 21.6. The van der Waals surface area contributed by atoms with Crippen LogP contribution in [0.25, 0.3) is 22.2 Å². The molecule has 3 aromatic rings. The van der Waals surface area contributed by atoms with Crippen LogP contribution in [0.5, 0.6) is 0 Å². The third-order valence-electron chi connectivity index (χ3n) is 6.04. The summed E-state index contributed by atoms with van der Waals surface area (Å²) >= 11 is 0. The smallest absolute Gasteiger partial charge is 0.419 e. The second kappa shape index (κ2) is 10.5. The minimum atomic E-state index is -4.71. The number of halogens is 3. The van der Waals surface area contributed by atoms with Crippen LogP contribution in [0.2, 0.25) is 0 Å². The van der Waals surface area contributed by atoms with E-state index in [1.54, 1.807) is 48.4 Å². The van der Waals surface area contributed by atoms with Crippen LogP contribution in [0.1, 0.15) is 44.7 Å². The number of carbonyl (C=O) groups is 1. The van der Waals surface area contributed by atoms with Gasteiger partial charge in [0, 0.05) is 49.6 Å². The van der Waals surface area contributed by atoms with Gasteiger partial charge in [0.15, 0.2) is 0 Å². The third-order valence-corrected chi connectivity index (χ3v) is 6.04. The summed E-state index contributed by atoms with van der Waals surface area (Å²) in [7, 11) is 1.46. The molecule has 3 heterocycles. The largest absolute Gasteiger partial charge is 0.444 e. The lowest BCUT2D eigenvalue weighted by atomic mass is 10.0. The molecule has 1 amide bonds. The van der Waals surface area contributed by atoms with Crippen LogP contribution in [-0.4, -0.2) is 57.4 Å². The van der Waals surface area contributed by atoms with Crippen molar-refractivity contribution in [1.29, 1.82) is 5.26 Å². The summed E-state index contributed by atoms with van der Waals surface area (Å²) in [6.07, 6.45) is -1.54. The number of hydrogen-bond donors (Lipinski definition) is 1. The highest BCUT2D eigenvalue weighted by Crippen LogP contribution is 2.40. The molecule has 0 aliphatic carbocycles. The van der Waals surface area contributed by atoms with Gasteiger partial charge < -0.3 is 24.3 Å². The van der Waals surface area contributed by atoms with E-state index in [4.69, 9.17) is 9.47 Å². The first-order valence-corrected chi connectivity index (χ1v) is 12.1. The standard InChI is InChI=1S/C26H29F3N6O3/c1-25(2,3)38-24(36)34-10-6-8-17(13-34)32-23-31-12-20(26(27,28)29)21(33-23)19-14-35(15-37-4)22-16(11-30)7-5-9-18(19)22/h5,7,9,12,14,17H,6,8,10,13,15H2,1-4H3,(H,31,32,33)/t17-/m0/s1. The van der Waals surface area contributed by atoms with Crippen molar-refractivity contribution in [2.24, 2.45) is 0 Å². The van der Waals surface area contributed by atoms with Gasteiger partial charge in [0.1, 0.15) is 24.0 Å². The molecule has 202 valence electrons. The first-order chi connectivity index (χ1) is 17.9. The summed E-state index contributed by atoms with van der Waals surface area (Å²) in [5.74, 6) is 0.00752. The van der Waals surface area contributed by atoms with Gasteiger partial charge in [-0.3, -0.25) is 0 Å². The van der Waals surface area contributed by atoms with Crippen molar-refractivity contribution in [1.82, 2.24) is 19.4 Å². The van der Waals surface area contributed by atoms with Crippen LogP contribution in [0.3, 0.4) is 0 Å². The number of benzene rings is 1. The molecule has 12 heteroatoms. The van der Waals surface area contributed by atoms with E-state index in [0.717, 1.165) is 6.20 Å². The van der Waals surface area contributed by atoms with Gasteiger partial charge in [0.25, 0.3) is 0 Å². The van der Waals surface area contributed by atoms with Gasteiger partial charge in [-0.1, -0.05) is 12.1 Å². The summed E-state index contributed by atoms with van der Waals surface area (Å²) in [5, 5.41) is 13.1. The molecule has 1 atom stereocenters. The summed E-state index contributed by atoms with van der Waals surface area (Å²) < 4.78 is 54.4. The lowest BCUT2D eigenvalue weighted by Gasteiger charge is -2.34. The number of rotatable bonds is 5. The van der Waals surface area contributed by atoms with E-state index in [9.17, 15) is 23.2 Å². The SMILES string of the molecule is COCn1cc(-c2nc(N[C@H]3CCCN(C(=O)OC(C)(C)C)C3)ncc2C(F)(F)F)c2cccc(C#N)c21. The van der Waals surface area contributed by atoms with Crippen molar-refractivity contribution < 1.29 is 27.4 Å². The number of likely N-dealkylation sites (tertiary alicyclic amines) is 1. The number of piperidine rings is 1. The fourth-order valence-electron chi connectivity index (χ4n) is 4.51. The first kappa shape index (κ1) is 27.2. The number of anilines is 1. The van der Waals surface area contributed by atoms with E-state index in [1.807, 2.05) is 0 Å². The van der Waals surface area contributed by atoms with Crippen molar-refractivity contribution in [3.05, 3.63) is 41.7 Å². The summed E-state index contributed by atoms with van der Waals surface area (Å²) in [4.78, 5) is 22.3. The summed E-state index contributed by atoms with van der Waals surface area (Å²) in [6.45, 7) is 6.21. The molecule has 2 aromatic heterocycles. The molecule has 0 unspecified atom stereocenters. The quantitative estimate of drug-likeness (QED) is 0.471. The minimum Gasteiger partial charge on any atom is -0.444 e. The fourth-order valence-corrected chi connectivity index (χ4v) is 4.51. The predicted octanol–water partition coefficient (Wildman–Crippen LogP) is 5.40. The molecule has 0 radical (unpaired) electrons. The van der Waals surface area contributed by atoms with Crippen molar-refractivity contribution in [2.75, 3.05) is 25.5 Å². The second-order valence-corrected chi connectivity index (χ2v) is 10.1. The molecular formula is C26H29F3N6O3. The Morgan fingerprint density at radius 3 is 2.71 bits per heavy atom. The number of nitrogens with one attached hydrogen (secondary N) is 1. The molecule has 1 N–H and O–H groups in total. The van der Waals surface area contributed by atoms with E-state index in [2.05, 4.69) is 21.4 Å². The maximum Gasteiger partial charge on any atom is 0.419 e. The van der Waals surface area contributed by atoms with E-state index in [-0.39, 0.29) is 30.0 Å². The molecule has 4 rings (SSSR count).